The third-order valence-corrected chi connectivity index (χ3v) is 5.16. The Morgan fingerprint density at radius 3 is 2.65 bits per heavy atom. The molecule has 0 aliphatic heterocycles. The van der Waals surface area contributed by atoms with E-state index in [1.807, 2.05) is 0 Å². The smallest absolute Gasteiger partial charge is 0.305 e. The second-order valence-corrected chi connectivity index (χ2v) is 7.22. The molecular weight excluding hydrogens is 448 g/mol. The second-order valence-electron chi connectivity index (χ2n) is 6.43. The van der Waals surface area contributed by atoms with Crippen LogP contribution < -0.4 is 10.1 Å². The predicted molar refractivity (Wildman–Crippen MR) is 114 cm³/mol. The van der Waals surface area contributed by atoms with Gasteiger partial charge in [-0.05, 0) is 30.7 Å². The molecule has 3 rings (SSSR count). The molecule has 0 aliphatic rings. The largest absolute Gasteiger partial charge is 0.481 e. The molecule has 162 valence electrons. The molecule has 0 fully saturated rings. The Bertz CT molecular complexity index is 1120. The fourth-order valence-electron chi connectivity index (χ4n) is 2.96. The van der Waals surface area contributed by atoms with Gasteiger partial charge in [-0.2, -0.15) is 9.78 Å². The van der Waals surface area contributed by atoms with Crippen LogP contribution >= 0.6 is 23.2 Å². The van der Waals surface area contributed by atoms with Gasteiger partial charge in [0.05, 0.1) is 29.1 Å². The standard InChI is InChI=1S/C21H18Cl2FN3O4/c1-2-31-18-10-16(26-27(18)17-9-4-3-8-14(17)24)21(30)25-15(11-19(28)29)12-6-5-7-13(22)20(12)23/h3-10,15H,2,11H2,1H3,(H,25,30)(H,28,29)/t15-/m0/s1. The summed E-state index contributed by atoms with van der Waals surface area (Å²) in [7, 11) is 0. The highest BCUT2D eigenvalue weighted by Crippen LogP contribution is 2.32. The van der Waals surface area contributed by atoms with Gasteiger partial charge in [0, 0.05) is 6.07 Å². The summed E-state index contributed by atoms with van der Waals surface area (Å²) in [6, 6.07) is 11.0. The van der Waals surface area contributed by atoms with E-state index in [1.165, 1.54) is 28.9 Å². The Morgan fingerprint density at radius 1 is 1.23 bits per heavy atom. The van der Waals surface area contributed by atoms with Crippen LogP contribution in [0.3, 0.4) is 0 Å². The van der Waals surface area contributed by atoms with E-state index in [4.69, 9.17) is 27.9 Å². The van der Waals surface area contributed by atoms with E-state index in [2.05, 4.69) is 10.4 Å². The molecule has 3 aromatic rings. The molecule has 0 radical (unpaired) electrons. The van der Waals surface area contributed by atoms with Crippen molar-refractivity contribution in [2.45, 2.75) is 19.4 Å². The molecule has 1 atom stereocenters. The van der Waals surface area contributed by atoms with Crippen molar-refractivity contribution in [3.8, 4) is 11.6 Å². The SMILES string of the molecule is CCOc1cc(C(=O)N[C@@H](CC(=O)O)c2cccc(Cl)c2Cl)nn1-c1ccccc1F. The van der Waals surface area contributed by atoms with E-state index in [0.29, 0.717) is 5.56 Å². The minimum atomic E-state index is -1.15. The number of ether oxygens (including phenoxy) is 1. The number of amides is 1. The molecule has 0 saturated carbocycles. The molecule has 1 heterocycles. The number of benzene rings is 2. The van der Waals surface area contributed by atoms with Gasteiger partial charge < -0.3 is 15.2 Å². The number of para-hydroxylation sites is 1. The van der Waals surface area contributed by atoms with E-state index in [-0.39, 0.29) is 33.9 Å². The number of hydrogen-bond acceptors (Lipinski definition) is 4. The predicted octanol–water partition coefficient (Wildman–Crippen LogP) is 4.66. The van der Waals surface area contributed by atoms with E-state index in [1.54, 1.807) is 31.2 Å². The van der Waals surface area contributed by atoms with Gasteiger partial charge in [-0.1, -0.05) is 47.5 Å². The van der Waals surface area contributed by atoms with Crippen molar-refractivity contribution in [3.63, 3.8) is 0 Å². The fraction of sp³-hybridized carbons (Fsp3) is 0.190. The van der Waals surface area contributed by atoms with Gasteiger partial charge in [0.15, 0.2) is 5.69 Å². The Morgan fingerprint density at radius 2 is 1.97 bits per heavy atom. The van der Waals surface area contributed by atoms with E-state index < -0.39 is 30.2 Å². The summed E-state index contributed by atoms with van der Waals surface area (Å²) in [5.41, 5.74) is 0.369. The van der Waals surface area contributed by atoms with Gasteiger partial charge in [0.2, 0.25) is 5.88 Å². The van der Waals surface area contributed by atoms with Crippen LogP contribution in [-0.2, 0) is 4.79 Å². The molecule has 0 spiro atoms. The molecule has 0 saturated heterocycles. The molecule has 0 unspecified atom stereocenters. The van der Waals surface area contributed by atoms with Crippen LogP contribution in [0.25, 0.3) is 5.69 Å². The molecular formula is C21H18Cl2FN3O4. The van der Waals surface area contributed by atoms with Crippen LogP contribution in [0.15, 0.2) is 48.5 Å². The highest BCUT2D eigenvalue weighted by molar-refractivity contribution is 6.42. The summed E-state index contributed by atoms with van der Waals surface area (Å²) in [5.74, 6) is -2.21. The Balaban J connectivity index is 1.95. The summed E-state index contributed by atoms with van der Waals surface area (Å²) in [6.45, 7) is 2.00. The number of carbonyl (C=O) groups is 2. The first-order valence-electron chi connectivity index (χ1n) is 9.26. The maximum absolute atomic E-state index is 14.3. The lowest BCUT2D eigenvalue weighted by atomic mass is 10.0. The number of carboxylic acid groups (broad SMARTS) is 1. The van der Waals surface area contributed by atoms with E-state index in [0.717, 1.165) is 0 Å². The van der Waals surface area contributed by atoms with Crippen LogP contribution in [-0.4, -0.2) is 33.4 Å². The summed E-state index contributed by atoms with van der Waals surface area (Å²) in [6.07, 6.45) is -0.432. The van der Waals surface area contributed by atoms with Crippen LogP contribution in [0.1, 0.15) is 35.4 Å². The van der Waals surface area contributed by atoms with Crippen molar-refractivity contribution in [1.29, 1.82) is 0 Å². The number of nitrogens with one attached hydrogen (secondary N) is 1. The van der Waals surface area contributed by atoms with E-state index in [9.17, 15) is 19.1 Å². The first-order valence-corrected chi connectivity index (χ1v) is 10.0. The third-order valence-electron chi connectivity index (χ3n) is 4.32. The van der Waals surface area contributed by atoms with Gasteiger partial charge >= 0.3 is 5.97 Å². The average Bonchev–Trinajstić information content (AvgIpc) is 3.14. The van der Waals surface area contributed by atoms with Gasteiger partial charge in [-0.3, -0.25) is 9.59 Å². The molecule has 1 aromatic heterocycles. The van der Waals surface area contributed by atoms with Crippen molar-refractivity contribution in [2.24, 2.45) is 0 Å². The molecule has 2 aromatic carbocycles. The average molecular weight is 466 g/mol. The monoisotopic (exact) mass is 465 g/mol. The van der Waals surface area contributed by atoms with Crippen LogP contribution in [0.2, 0.25) is 10.0 Å². The van der Waals surface area contributed by atoms with Crippen molar-refractivity contribution in [1.82, 2.24) is 15.1 Å². The topological polar surface area (TPSA) is 93.4 Å². The van der Waals surface area contributed by atoms with Gasteiger partial charge in [-0.25, -0.2) is 4.39 Å². The summed E-state index contributed by atoms with van der Waals surface area (Å²) in [5, 5.41) is 16.4. The lowest BCUT2D eigenvalue weighted by Crippen LogP contribution is -2.30. The first kappa shape index (κ1) is 22.6. The van der Waals surface area contributed by atoms with E-state index >= 15 is 0 Å². The lowest BCUT2D eigenvalue weighted by molar-refractivity contribution is -0.137. The summed E-state index contributed by atoms with van der Waals surface area (Å²) >= 11 is 12.2. The Kier molecular flexibility index (Phi) is 7.14. The Hall–Kier alpha value is -3.10. The zero-order chi connectivity index (χ0) is 22.5. The molecule has 10 heteroatoms. The summed E-state index contributed by atoms with van der Waals surface area (Å²) < 4.78 is 20.9. The van der Waals surface area contributed by atoms with Crippen LogP contribution in [0.5, 0.6) is 5.88 Å². The highest BCUT2D eigenvalue weighted by atomic mass is 35.5. The van der Waals surface area contributed by atoms with Crippen molar-refractivity contribution in [3.05, 3.63) is 75.7 Å². The third kappa shape index (κ3) is 5.15. The van der Waals surface area contributed by atoms with Crippen LogP contribution in [0, 0.1) is 5.82 Å². The minimum absolute atomic E-state index is 0.0831. The normalized spacial score (nSPS) is 11.7. The number of carbonyl (C=O) groups excluding carboxylic acids is 1. The molecule has 2 N–H and O–H groups in total. The number of aromatic nitrogens is 2. The Labute approximate surface area is 187 Å². The maximum Gasteiger partial charge on any atom is 0.305 e. The number of aliphatic carboxylic acids is 1. The molecule has 0 aliphatic carbocycles. The number of halogens is 3. The second kappa shape index (κ2) is 9.80. The zero-order valence-corrected chi connectivity index (χ0v) is 17.8. The maximum atomic E-state index is 14.3. The zero-order valence-electron chi connectivity index (χ0n) is 16.3. The van der Waals surface area contributed by atoms with Gasteiger partial charge in [0.1, 0.15) is 11.5 Å². The quantitative estimate of drug-likeness (QED) is 0.504. The van der Waals surface area contributed by atoms with Crippen molar-refractivity contribution >= 4 is 35.1 Å². The first-order chi connectivity index (χ1) is 14.8. The van der Waals surface area contributed by atoms with Crippen molar-refractivity contribution in [2.75, 3.05) is 6.61 Å². The van der Waals surface area contributed by atoms with Gasteiger partial charge in [-0.15, -0.1) is 0 Å². The minimum Gasteiger partial charge on any atom is -0.481 e. The highest BCUT2D eigenvalue weighted by Gasteiger charge is 2.25. The fourth-order valence-corrected chi connectivity index (χ4v) is 3.40. The number of hydrogen-bond donors (Lipinski definition) is 2. The van der Waals surface area contributed by atoms with Crippen molar-refractivity contribution < 1.29 is 23.8 Å². The number of rotatable bonds is 8. The van der Waals surface area contributed by atoms with Crippen LogP contribution in [0.4, 0.5) is 4.39 Å². The molecule has 31 heavy (non-hydrogen) atoms. The lowest BCUT2D eigenvalue weighted by Gasteiger charge is -2.18. The molecule has 7 nitrogen and oxygen atoms in total. The number of carboxylic acids is 1. The van der Waals surface area contributed by atoms with Gasteiger partial charge in [0.25, 0.3) is 5.91 Å². The number of nitrogens with zero attached hydrogens (tertiary/aromatic N) is 2. The summed E-state index contributed by atoms with van der Waals surface area (Å²) in [4.78, 5) is 24.2. The molecule has 0 bridgehead atoms. The molecule has 1 amide bonds.